The van der Waals surface area contributed by atoms with E-state index in [-0.39, 0.29) is 31.5 Å². The fraction of sp³-hybridized carbons (Fsp3) is 0.518. The van der Waals surface area contributed by atoms with Crippen molar-refractivity contribution in [3.63, 3.8) is 0 Å². The summed E-state index contributed by atoms with van der Waals surface area (Å²) in [5.41, 5.74) is 1.14. The topological polar surface area (TPSA) is 171 Å². The number of phenols is 1. The van der Waals surface area contributed by atoms with Crippen LogP contribution in [0.15, 0.2) is 78.6 Å². The average molecular weight is 942 g/mol. The van der Waals surface area contributed by atoms with Crippen molar-refractivity contribution in [3.8, 4) is 28.4 Å². The maximum Gasteiger partial charge on any atom is 0.339 e. The van der Waals surface area contributed by atoms with Gasteiger partial charge in [0, 0.05) is 18.5 Å². The van der Waals surface area contributed by atoms with Crippen molar-refractivity contribution < 1.29 is 58.1 Å². The van der Waals surface area contributed by atoms with Crippen molar-refractivity contribution in [3.05, 3.63) is 101 Å². The number of esters is 3. The van der Waals surface area contributed by atoms with Gasteiger partial charge >= 0.3 is 17.9 Å². The molecule has 3 aliphatic heterocycles. The van der Waals surface area contributed by atoms with E-state index in [1.165, 1.54) is 52.7 Å². The lowest BCUT2D eigenvalue weighted by Gasteiger charge is -2.57. The molecule has 69 heavy (non-hydrogen) atoms. The number of methoxy groups -OCH3 is 2. The molecule has 5 atom stereocenters. The second-order valence-corrected chi connectivity index (χ2v) is 22.0. The number of carbonyl (C=O) groups is 3. The van der Waals surface area contributed by atoms with Crippen molar-refractivity contribution in [2.24, 2.45) is 17.8 Å². The normalized spacial score (nSPS) is 29.3. The van der Waals surface area contributed by atoms with Crippen LogP contribution in [0.1, 0.15) is 124 Å². The molecule has 3 N–H and O–H groups in total. The largest absolute Gasteiger partial charge is 0.508 e. The highest BCUT2D eigenvalue weighted by Crippen LogP contribution is 2.62. The number of hydrogen-bond donors (Lipinski definition) is 3. The second kappa shape index (κ2) is 17.1. The molecule has 364 valence electrons. The van der Waals surface area contributed by atoms with Crippen molar-refractivity contribution in [2.75, 3.05) is 27.6 Å². The number of aromatic hydroxyl groups is 1. The van der Waals surface area contributed by atoms with Crippen LogP contribution in [0.3, 0.4) is 0 Å². The Bertz CT molecular complexity index is 2720. The van der Waals surface area contributed by atoms with Gasteiger partial charge in [-0.1, -0.05) is 24.3 Å². The van der Waals surface area contributed by atoms with E-state index in [1.54, 1.807) is 13.8 Å². The fourth-order valence-electron chi connectivity index (χ4n) is 14.2. The van der Waals surface area contributed by atoms with Crippen molar-refractivity contribution in [1.29, 1.82) is 0 Å². The summed E-state index contributed by atoms with van der Waals surface area (Å²) < 4.78 is 35.6. The Morgan fingerprint density at radius 3 is 2.22 bits per heavy atom. The highest BCUT2D eigenvalue weighted by atomic mass is 16.7. The molecule has 0 amide bonds. The minimum absolute atomic E-state index is 0.0328. The number of ether oxygens (including phenoxy) is 6. The molecule has 1 unspecified atom stereocenters. The van der Waals surface area contributed by atoms with Crippen molar-refractivity contribution in [2.45, 2.75) is 138 Å². The van der Waals surface area contributed by atoms with Gasteiger partial charge in [-0.25, -0.2) is 9.59 Å². The molecule has 8 aliphatic rings. The van der Waals surface area contributed by atoms with E-state index in [1.807, 2.05) is 54.6 Å². The van der Waals surface area contributed by atoms with Gasteiger partial charge in [0.05, 0.1) is 43.3 Å². The van der Waals surface area contributed by atoms with Crippen LogP contribution in [-0.2, 0) is 40.4 Å². The highest BCUT2D eigenvalue weighted by molar-refractivity contribution is 5.97. The Labute approximate surface area is 402 Å². The lowest BCUT2D eigenvalue weighted by molar-refractivity contribution is -0.179. The summed E-state index contributed by atoms with van der Waals surface area (Å²) in [5, 5.41) is 35.4. The summed E-state index contributed by atoms with van der Waals surface area (Å²) in [7, 11) is 2.69. The molecule has 13 nitrogen and oxygen atoms in total. The zero-order chi connectivity index (χ0) is 48.0. The Morgan fingerprint density at radius 1 is 0.826 bits per heavy atom. The number of carbonyl (C=O) groups excluding carboxylic acids is 3. The number of phenolic OH excluding ortho intramolecular Hbond substituents is 1. The molecule has 0 aromatic heterocycles. The van der Waals surface area contributed by atoms with Crippen LogP contribution in [0, 0.1) is 17.8 Å². The molecular weight excluding hydrogens is 879 g/mol. The quantitative estimate of drug-likeness (QED) is 0.0860. The average Bonchev–Trinajstić information content (AvgIpc) is 4.02. The Balaban J connectivity index is 0.877. The van der Waals surface area contributed by atoms with Gasteiger partial charge in [-0.05, 0) is 189 Å². The summed E-state index contributed by atoms with van der Waals surface area (Å²) in [6.07, 6.45) is 9.04. The van der Waals surface area contributed by atoms with Gasteiger partial charge in [0.1, 0.15) is 11.5 Å². The lowest BCUT2D eigenvalue weighted by atomic mass is 9.48. The number of nitrogens with zero attached hydrogens (tertiary/aromatic N) is 1. The lowest BCUT2D eigenvalue weighted by Crippen LogP contribution is -2.53. The molecule has 4 bridgehead atoms. The fourth-order valence-corrected chi connectivity index (χ4v) is 14.2. The van der Waals surface area contributed by atoms with Crippen molar-refractivity contribution in [1.82, 2.24) is 4.90 Å². The zero-order valence-electron chi connectivity index (χ0n) is 40.0. The highest BCUT2D eigenvalue weighted by Gasteiger charge is 2.61. The SMILES string of the molecule is COC(=O)C[C@](O)(CCCC(C)(C)O)C(=O)O[C@@H]1C(OC)=C[C@]23CCCN2C(OC(=O)c2ccc4cc(-c5ccc(O)c(C67CC8CC(CC(C8)C6)C7)c5)ccc4c2)Cc2cc4c(cc2[C@H]13)OCO4. The van der Waals surface area contributed by atoms with Gasteiger partial charge in [-0.15, -0.1) is 0 Å². The van der Waals surface area contributed by atoms with Crippen LogP contribution < -0.4 is 9.47 Å². The predicted molar refractivity (Wildman–Crippen MR) is 254 cm³/mol. The number of fused-ring (bicyclic) bond motifs is 4. The Morgan fingerprint density at radius 2 is 1.51 bits per heavy atom. The number of rotatable bonds is 13. The molecular formula is C56H63NO12. The maximum absolute atomic E-state index is 14.5. The van der Waals surface area contributed by atoms with E-state index in [0.29, 0.717) is 48.0 Å². The molecule has 1 saturated heterocycles. The monoisotopic (exact) mass is 941 g/mol. The molecule has 5 aliphatic carbocycles. The molecule has 5 fully saturated rings. The van der Waals surface area contributed by atoms with Crippen LogP contribution in [0.4, 0.5) is 0 Å². The summed E-state index contributed by atoms with van der Waals surface area (Å²) in [5.74, 6) is 1.26. The summed E-state index contributed by atoms with van der Waals surface area (Å²) in [6.45, 7) is 3.87. The summed E-state index contributed by atoms with van der Waals surface area (Å²) in [6, 6.07) is 21.8. The predicted octanol–water partition coefficient (Wildman–Crippen LogP) is 8.76. The van der Waals surface area contributed by atoms with Crippen LogP contribution >= 0.6 is 0 Å². The molecule has 12 rings (SSSR count). The zero-order valence-corrected chi connectivity index (χ0v) is 40.0. The first-order chi connectivity index (χ1) is 33.1. The third-order valence-electron chi connectivity index (χ3n) is 16.9. The number of aliphatic hydroxyl groups is 2. The third-order valence-corrected chi connectivity index (χ3v) is 16.9. The van der Waals surface area contributed by atoms with E-state index < -0.39 is 59.3 Å². The summed E-state index contributed by atoms with van der Waals surface area (Å²) in [4.78, 5) is 43.6. The third kappa shape index (κ3) is 8.11. The first-order valence-electron chi connectivity index (χ1n) is 24.8. The molecule has 1 spiro atoms. The van der Waals surface area contributed by atoms with Crippen molar-refractivity contribution >= 4 is 28.7 Å². The van der Waals surface area contributed by atoms with Crippen LogP contribution in [-0.4, -0.2) is 94.8 Å². The molecule has 13 heteroatoms. The molecule has 4 aromatic rings. The van der Waals surface area contributed by atoms with Gasteiger partial charge in [-0.3, -0.25) is 9.69 Å². The number of benzene rings is 4. The van der Waals surface area contributed by atoms with Gasteiger partial charge in [0.15, 0.2) is 29.4 Å². The smallest absolute Gasteiger partial charge is 0.339 e. The first-order valence-corrected chi connectivity index (χ1v) is 24.8. The standard InChI is InChI=1S/C56H63NO12/c1-53(2,62)13-5-15-56(63,30-48(59)65-4)52(61)69-50-46(64-3)29-55-14-6-16-57(55)47(24-40-23-44-45(67-31-66-44)25-41(40)49(50)55)68-51(60)39-10-9-35-20-36(7-8-37(35)21-39)38-11-12-43(58)42(22-38)54-26-32-17-33(27-54)19-34(18-32)28-54/h7-12,20-23,25,29,32-34,47,49-50,58,62-63H,5-6,13-19,24,26-28,30-31H2,1-4H3/t32?,33?,34?,47?,49-,50-,54?,55+,56-/m1/s1. The first kappa shape index (κ1) is 45.8. The molecule has 4 saturated carbocycles. The van der Waals surface area contributed by atoms with Gasteiger partial charge < -0.3 is 43.7 Å². The van der Waals surface area contributed by atoms with Gasteiger partial charge in [0.25, 0.3) is 0 Å². The number of hydrogen-bond acceptors (Lipinski definition) is 13. The molecule has 3 heterocycles. The van der Waals surface area contributed by atoms with E-state index in [9.17, 15) is 29.7 Å². The van der Waals surface area contributed by atoms with E-state index in [4.69, 9.17) is 28.4 Å². The Hall–Kier alpha value is -5.63. The van der Waals surface area contributed by atoms with Gasteiger partial charge in [0.2, 0.25) is 6.79 Å². The van der Waals surface area contributed by atoms with Gasteiger partial charge in [-0.2, -0.15) is 0 Å². The van der Waals surface area contributed by atoms with Crippen LogP contribution in [0.2, 0.25) is 0 Å². The van der Waals surface area contributed by atoms with E-state index >= 15 is 0 Å². The summed E-state index contributed by atoms with van der Waals surface area (Å²) >= 11 is 0. The minimum atomic E-state index is -2.26. The van der Waals surface area contributed by atoms with Crippen LogP contribution in [0.5, 0.6) is 17.2 Å². The minimum Gasteiger partial charge on any atom is -0.508 e. The van der Waals surface area contributed by atoms with Crippen LogP contribution in [0.25, 0.3) is 21.9 Å². The Kier molecular flexibility index (Phi) is 11.3. The van der Waals surface area contributed by atoms with E-state index in [0.717, 1.165) is 62.8 Å². The second-order valence-electron chi connectivity index (χ2n) is 22.0. The maximum atomic E-state index is 14.5. The van der Waals surface area contributed by atoms with E-state index in [2.05, 4.69) is 23.1 Å². The molecule has 0 radical (unpaired) electrons. The molecule has 4 aromatic carbocycles.